The number of Topliss-reactive ketones (excluding diaryl/α,β-unsaturated/α-hetero) is 1. The number of ether oxygens (including phenoxy) is 8. The number of amides is 5. The Morgan fingerprint density at radius 1 is 0.750 bits per heavy atom. The molecule has 3 heterocycles. The monoisotopic (exact) mass is 1050 g/mol. The number of anilines is 1. The Bertz CT molecular complexity index is 2740. The van der Waals surface area contributed by atoms with Gasteiger partial charge in [0.25, 0.3) is 11.8 Å². The van der Waals surface area contributed by atoms with Crippen LogP contribution < -0.4 is 44.4 Å². The van der Waals surface area contributed by atoms with Crippen LogP contribution in [-0.2, 0) is 46.3 Å². The third-order valence-corrected chi connectivity index (χ3v) is 13.5. The van der Waals surface area contributed by atoms with E-state index in [9.17, 15) is 33.6 Å². The quantitative estimate of drug-likeness (QED) is 0.0384. The molecular weight excluding hydrogens is 983 g/mol. The van der Waals surface area contributed by atoms with Crippen LogP contribution in [0.2, 0.25) is 0 Å². The number of carbonyl (C=O) groups is 7. The maximum Gasteiger partial charge on any atom is 0.329 e. The molecule has 2 unspecified atom stereocenters. The van der Waals surface area contributed by atoms with Crippen LogP contribution in [0.3, 0.4) is 0 Å². The predicted molar refractivity (Wildman–Crippen MR) is 277 cm³/mol. The summed E-state index contributed by atoms with van der Waals surface area (Å²) in [4.78, 5) is 94.0. The molecule has 7 rings (SSSR count). The van der Waals surface area contributed by atoms with Gasteiger partial charge in [0, 0.05) is 25.2 Å². The Morgan fingerprint density at radius 2 is 1.49 bits per heavy atom. The molecule has 4 aromatic rings. The first-order chi connectivity index (χ1) is 36.7. The number of hydrogen-bond acceptors (Lipinski definition) is 17. The molecule has 20 heteroatoms. The van der Waals surface area contributed by atoms with Crippen molar-refractivity contribution in [3.8, 4) is 34.5 Å². The summed E-state index contributed by atoms with van der Waals surface area (Å²) in [5, 5.41) is 8.55. The van der Waals surface area contributed by atoms with Gasteiger partial charge in [-0.25, -0.2) is 4.79 Å². The standard InChI is InChI=1S/C56H67N5O15/c1-34(74-25-23-58-38-15-16-41-42(31-38)55(67)61(54(41)66)43-17-20-50(63)59-53(43)65)21-22-57-32-39(62)33-75-40-11-9-10-37(30-40)45(18-13-35-14-19-46(69-2)47(26-35)70-3)76-56(68)44-12-7-8-24-60(44)51(64)29-36-27-48(71-4)52(73-6)49(28-36)72-5/h9-11,14-16,19,26-28,30-31,34,43-45,57-58H,7-8,12-13,17-18,20-25,29,32-33H2,1-6H3,(H,59,63,65)/t34?,43?,44-,45+/m0/s1. The van der Waals surface area contributed by atoms with Gasteiger partial charge in [-0.3, -0.25) is 39.0 Å². The lowest BCUT2D eigenvalue weighted by molar-refractivity contribution is -0.162. The first kappa shape index (κ1) is 56.0. The van der Waals surface area contributed by atoms with E-state index in [-0.39, 0.29) is 61.3 Å². The lowest BCUT2D eigenvalue weighted by atomic mass is 9.98. The van der Waals surface area contributed by atoms with Crippen molar-refractivity contribution in [1.29, 1.82) is 0 Å². The molecule has 3 aliphatic rings. The van der Waals surface area contributed by atoms with Crippen LogP contribution in [0.25, 0.3) is 0 Å². The molecule has 0 aromatic heterocycles. The molecule has 0 saturated carbocycles. The van der Waals surface area contributed by atoms with E-state index in [1.807, 2.05) is 31.2 Å². The fourth-order valence-electron chi connectivity index (χ4n) is 9.51. The number of rotatable bonds is 27. The number of methoxy groups -OCH3 is 5. The van der Waals surface area contributed by atoms with Crippen molar-refractivity contribution in [2.45, 2.75) is 89.0 Å². The van der Waals surface area contributed by atoms with Crippen molar-refractivity contribution in [1.82, 2.24) is 20.4 Å². The van der Waals surface area contributed by atoms with Gasteiger partial charge in [0.1, 0.15) is 30.5 Å². The van der Waals surface area contributed by atoms with Gasteiger partial charge in [0.15, 0.2) is 28.8 Å². The fraction of sp³-hybridized carbons (Fsp3) is 0.446. The molecular formula is C56H67N5O15. The lowest BCUT2D eigenvalue weighted by Gasteiger charge is -2.35. The zero-order valence-corrected chi connectivity index (χ0v) is 43.9. The second kappa shape index (κ2) is 26.7. The number of hydrogen-bond donors (Lipinski definition) is 3. The summed E-state index contributed by atoms with van der Waals surface area (Å²) in [5.74, 6) is -0.357. The molecule has 20 nitrogen and oxygen atoms in total. The SMILES string of the molecule is COc1ccc(CC[C@@H](OC(=O)[C@@H]2CCCCN2C(=O)Cc2cc(OC)c(OC)c(OC)c2)c2cccc(OCC(=O)CNCCC(C)OCCNc3ccc4c(c3)C(=O)N(C3CCC(=O)NC3=O)C4=O)c2)cc1OC. The van der Waals surface area contributed by atoms with Crippen LogP contribution in [-0.4, -0.2) is 144 Å². The van der Waals surface area contributed by atoms with Crippen LogP contribution in [0.5, 0.6) is 34.5 Å². The minimum atomic E-state index is -1.03. The Morgan fingerprint density at radius 3 is 2.21 bits per heavy atom. The van der Waals surface area contributed by atoms with E-state index in [1.165, 1.54) is 21.3 Å². The van der Waals surface area contributed by atoms with Crippen molar-refractivity contribution in [2.75, 3.05) is 80.3 Å². The van der Waals surface area contributed by atoms with Gasteiger partial charge >= 0.3 is 5.97 Å². The summed E-state index contributed by atoms with van der Waals surface area (Å²) in [6.45, 7) is 3.43. The molecule has 0 radical (unpaired) electrons. The van der Waals surface area contributed by atoms with E-state index in [0.29, 0.717) is 103 Å². The maximum atomic E-state index is 14.3. The number of carbonyl (C=O) groups excluding carboxylic acids is 7. The number of imide groups is 2. The van der Waals surface area contributed by atoms with Gasteiger partial charge in [-0.15, -0.1) is 0 Å². The molecule has 406 valence electrons. The Hall–Kier alpha value is -7.71. The first-order valence-corrected chi connectivity index (χ1v) is 25.4. The van der Waals surface area contributed by atoms with E-state index in [1.54, 1.807) is 67.7 Å². The number of fused-ring (bicyclic) bond motifs is 1. The van der Waals surface area contributed by atoms with Crippen LogP contribution in [0.15, 0.2) is 72.8 Å². The molecule has 2 fully saturated rings. The molecule has 0 spiro atoms. The third-order valence-electron chi connectivity index (χ3n) is 13.5. The minimum absolute atomic E-state index is 0.00177. The molecule has 4 aromatic carbocycles. The van der Waals surface area contributed by atoms with E-state index >= 15 is 0 Å². The van der Waals surface area contributed by atoms with Gasteiger partial charge in [-0.2, -0.15) is 0 Å². The highest BCUT2D eigenvalue weighted by Gasteiger charge is 2.45. The first-order valence-electron chi connectivity index (χ1n) is 25.4. The van der Waals surface area contributed by atoms with Gasteiger partial charge in [0.2, 0.25) is 23.5 Å². The van der Waals surface area contributed by atoms with Crippen LogP contribution in [0.4, 0.5) is 5.69 Å². The number of piperidine rings is 2. The zero-order chi connectivity index (χ0) is 54.3. The number of likely N-dealkylation sites (tertiary alicyclic amines) is 1. The molecule has 0 aliphatic carbocycles. The van der Waals surface area contributed by atoms with Crippen molar-refractivity contribution < 1.29 is 71.5 Å². The van der Waals surface area contributed by atoms with Gasteiger partial charge < -0.3 is 53.4 Å². The third kappa shape index (κ3) is 14.0. The highest BCUT2D eigenvalue weighted by Crippen LogP contribution is 2.39. The highest BCUT2D eigenvalue weighted by molar-refractivity contribution is 6.23. The van der Waals surface area contributed by atoms with E-state index in [0.717, 1.165) is 23.3 Å². The van der Waals surface area contributed by atoms with Gasteiger partial charge in [-0.05, 0) is 130 Å². The van der Waals surface area contributed by atoms with Crippen LogP contribution in [0, 0.1) is 0 Å². The number of nitrogens with zero attached hydrogens (tertiary/aromatic N) is 2. The van der Waals surface area contributed by atoms with Crippen molar-refractivity contribution in [3.63, 3.8) is 0 Å². The van der Waals surface area contributed by atoms with E-state index in [2.05, 4.69) is 16.0 Å². The summed E-state index contributed by atoms with van der Waals surface area (Å²) < 4.78 is 45.7. The maximum absolute atomic E-state index is 14.3. The summed E-state index contributed by atoms with van der Waals surface area (Å²) >= 11 is 0. The number of ketones is 1. The second-order valence-corrected chi connectivity index (χ2v) is 18.6. The Kier molecular flexibility index (Phi) is 19.7. The number of nitrogens with one attached hydrogen (secondary N) is 3. The average molecular weight is 1050 g/mol. The summed E-state index contributed by atoms with van der Waals surface area (Å²) in [7, 11) is 7.66. The van der Waals surface area contributed by atoms with Gasteiger partial charge in [-0.1, -0.05) is 18.2 Å². The van der Waals surface area contributed by atoms with E-state index in [4.69, 9.17) is 37.9 Å². The van der Waals surface area contributed by atoms with Crippen molar-refractivity contribution in [3.05, 3.63) is 101 Å². The van der Waals surface area contributed by atoms with E-state index < -0.39 is 47.8 Å². The fourth-order valence-corrected chi connectivity index (χ4v) is 9.51. The molecule has 3 aliphatic heterocycles. The Balaban J connectivity index is 0.891. The summed E-state index contributed by atoms with van der Waals surface area (Å²) in [6.07, 6.45) is 2.66. The molecule has 3 N–H and O–H groups in total. The molecule has 2 saturated heterocycles. The zero-order valence-electron chi connectivity index (χ0n) is 43.9. The van der Waals surface area contributed by atoms with Crippen LogP contribution in [0.1, 0.15) is 95.4 Å². The normalized spacial score (nSPS) is 17.0. The van der Waals surface area contributed by atoms with Crippen LogP contribution >= 0.6 is 0 Å². The number of benzene rings is 4. The molecule has 5 amide bonds. The number of esters is 1. The van der Waals surface area contributed by atoms with Gasteiger partial charge in [0.05, 0.1) is 72.4 Å². The summed E-state index contributed by atoms with van der Waals surface area (Å²) in [6, 6.07) is 19.1. The Labute approximate surface area is 441 Å². The smallest absolute Gasteiger partial charge is 0.329 e. The average Bonchev–Trinajstić information content (AvgIpc) is 3.68. The molecule has 4 atom stereocenters. The van der Waals surface area contributed by atoms with Crippen molar-refractivity contribution >= 4 is 47.0 Å². The number of aryl methyl sites for hydroxylation is 1. The second-order valence-electron chi connectivity index (χ2n) is 18.6. The topological polar surface area (TPSA) is 236 Å². The summed E-state index contributed by atoms with van der Waals surface area (Å²) in [5.41, 5.74) is 3.21. The predicted octanol–water partition coefficient (Wildman–Crippen LogP) is 5.42. The lowest BCUT2D eigenvalue weighted by Crippen LogP contribution is -2.54. The highest BCUT2D eigenvalue weighted by atomic mass is 16.5. The molecule has 0 bridgehead atoms. The molecule has 76 heavy (non-hydrogen) atoms. The largest absolute Gasteiger partial charge is 0.493 e. The minimum Gasteiger partial charge on any atom is -0.493 e. The van der Waals surface area contributed by atoms with Crippen molar-refractivity contribution in [2.24, 2.45) is 0 Å².